The monoisotopic (exact) mass is 399 g/mol. The molecule has 1 saturated heterocycles. The van der Waals surface area contributed by atoms with Crippen molar-refractivity contribution in [3.63, 3.8) is 0 Å². The maximum absolute atomic E-state index is 12.5. The summed E-state index contributed by atoms with van der Waals surface area (Å²) in [7, 11) is 0. The summed E-state index contributed by atoms with van der Waals surface area (Å²) in [4.78, 5) is 25.5. The third-order valence-electron chi connectivity index (χ3n) is 5.52. The predicted octanol–water partition coefficient (Wildman–Crippen LogP) is 3.43. The zero-order valence-electron chi connectivity index (χ0n) is 17.5. The van der Waals surface area contributed by atoms with Crippen LogP contribution in [0.4, 0.5) is 0 Å². The van der Waals surface area contributed by atoms with Crippen LogP contribution < -0.4 is 4.74 Å². The van der Waals surface area contributed by atoms with E-state index in [1.807, 2.05) is 24.3 Å². The number of benzene rings is 1. The number of carboxylic acids is 1. The number of nitrogens with zero attached hydrogens (tertiary/aromatic N) is 3. The van der Waals surface area contributed by atoms with E-state index >= 15 is 0 Å². The molecular formula is C22H29N3O4. The first-order chi connectivity index (χ1) is 13.7. The number of rotatable bonds is 5. The van der Waals surface area contributed by atoms with E-state index in [0.717, 1.165) is 12.8 Å². The molecule has 1 aromatic heterocycles. The van der Waals surface area contributed by atoms with Crippen molar-refractivity contribution in [1.82, 2.24) is 14.7 Å². The molecule has 0 bridgehead atoms. The lowest BCUT2D eigenvalue weighted by atomic mass is 9.87. The van der Waals surface area contributed by atoms with Crippen LogP contribution in [0.2, 0.25) is 0 Å². The SMILES string of the molecule is Cc1c(C(=O)O)cnn1C1CCN(C(=O)COc2ccc(C(C)(C)C)cc2)CC1. The summed E-state index contributed by atoms with van der Waals surface area (Å²) >= 11 is 0. The lowest BCUT2D eigenvalue weighted by Gasteiger charge is -2.32. The molecule has 0 aliphatic carbocycles. The highest BCUT2D eigenvalue weighted by Crippen LogP contribution is 2.26. The standard InChI is InChI=1S/C22H29N3O4/c1-15-19(21(27)28)13-23-25(15)17-9-11-24(12-10-17)20(26)14-29-18-7-5-16(6-8-18)22(2,3)4/h5-8,13,17H,9-12,14H2,1-4H3,(H,27,28). The molecule has 1 aliphatic rings. The Morgan fingerprint density at radius 2 is 1.79 bits per heavy atom. The van der Waals surface area contributed by atoms with Gasteiger partial charge in [-0.15, -0.1) is 0 Å². The first kappa shape index (κ1) is 20.9. The number of amides is 1. The van der Waals surface area contributed by atoms with Gasteiger partial charge < -0.3 is 14.7 Å². The fourth-order valence-electron chi connectivity index (χ4n) is 3.65. The van der Waals surface area contributed by atoms with Crippen molar-refractivity contribution in [1.29, 1.82) is 0 Å². The predicted molar refractivity (Wildman–Crippen MR) is 109 cm³/mol. The molecule has 0 spiro atoms. The molecule has 1 amide bonds. The molecular weight excluding hydrogens is 370 g/mol. The maximum atomic E-state index is 12.5. The van der Waals surface area contributed by atoms with Gasteiger partial charge in [-0.3, -0.25) is 9.48 Å². The largest absolute Gasteiger partial charge is 0.484 e. The number of hydrogen-bond donors (Lipinski definition) is 1. The van der Waals surface area contributed by atoms with Crippen LogP contribution in [0.15, 0.2) is 30.5 Å². The number of carbonyl (C=O) groups excluding carboxylic acids is 1. The fourth-order valence-corrected chi connectivity index (χ4v) is 3.65. The molecule has 7 heteroatoms. The Kier molecular flexibility index (Phi) is 5.96. The van der Waals surface area contributed by atoms with E-state index in [-0.39, 0.29) is 29.5 Å². The highest BCUT2D eigenvalue weighted by atomic mass is 16.5. The lowest BCUT2D eigenvalue weighted by molar-refractivity contribution is -0.134. The molecule has 29 heavy (non-hydrogen) atoms. The second-order valence-electron chi connectivity index (χ2n) is 8.57. The topological polar surface area (TPSA) is 84.7 Å². The molecule has 7 nitrogen and oxygen atoms in total. The van der Waals surface area contributed by atoms with E-state index in [9.17, 15) is 14.7 Å². The van der Waals surface area contributed by atoms with Gasteiger partial charge in [-0.2, -0.15) is 5.10 Å². The third kappa shape index (κ3) is 4.78. The molecule has 2 heterocycles. The molecule has 2 aromatic rings. The van der Waals surface area contributed by atoms with Crippen molar-refractivity contribution in [3.05, 3.63) is 47.3 Å². The zero-order valence-corrected chi connectivity index (χ0v) is 17.5. The Morgan fingerprint density at radius 3 is 2.31 bits per heavy atom. The zero-order chi connectivity index (χ0) is 21.2. The second-order valence-corrected chi connectivity index (χ2v) is 8.57. The first-order valence-electron chi connectivity index (χ1n) is 9.95. The highest BCUT2D eigenvalue weighted by Gasteiger charge is 2.26. The molecule has 0 radical (unpaired) electrons. The van der Waals surface area contributed by atoms with Crippen LogP contribution in [-0.2, 0) is 10.2 Å². The van der Waals surface area contributed by atoms with Gasteiger partial charge in [0.05, 0.1) is 17.9 Å². The Hall–Kier alpha value is -2.83. The van der Waals surface area contributed by atoms with E-state index in [1.54, 1.807) is 16.5 Å². The van der Waals surface area contributed by atoms with Gasteiger partial charge in [-0.25, -0.2) is 4.79 Å². The number of piperidine rings is 1. The summed E-state index contributed by atoms with van der Waals surface area (Å²) in [6, 6.07) is 7.98. The fraction of sp³-hybridized carbons (Fsp3) is 0.500. The summed E-state index contributed by atoms with van der Waals surface area (Å²) < 4.78 is 7.45. The highest BCUT2D eigenvalue weighted by molar-refractivity contribution is 5.88. The second kappa shape index (κ2) is 8.27. The van der Waals surface area contributed by atoms with Gasteiger partial charge in [0.15, 0.2) is 6.61 Å². The normalized spacial score (nSPS) is 15.4. The lowest BCUT2D eigenvalue weighted by Crippen LogP contribution is -2.41. The van der Waals surface area contributed by atoms with E-state index in [4.69, 9.17) is 4.74 Å². The number of ether oxygens (including phenoxy) is 1. The van der Waals surface area contributed by atoms with Gasteiger partial charge in [0.25, 0.3) is 5.91 Å². The van der Waals surface area contributed by atoms with Crippen molar-refractivity contribution >= 4 is 11.9 Å². The summed E-state index contributed by atoms with van der Waals surface area (Å²) in [6.45, 7) is 9.47. The van der Waals surface area contributed by atoms with Gasteiger partial charge >= 0.3 is 5.97 Å². The van der Waals surface area contributed by atoms with Crippen LogP contribution in [0.1, 0.15) is 61.3 Å². The molecule has 1 aromatic carbocycles. The molecule has 3 rings (SSSR count). The van der Waals surface area contributed by atoms with Gasteiger partial charge in [0.2, 0.25) is 0 Å². The summed E-state index contributed by atoms with van der Waals surface area (Å²) in [5, 5.41) is 13.4. The minimum absolute atomic E-state index is 0.0174. The van der Waals surface area contributed by atoms with Crippen LogP contribution in [0.25, 0.3) is 0 Å². The Bertz CT molecular complexity index is 872. The van der Waals surface area contributed by atoms with Gasteiger partial charge in [0, 0.05) is 13.1 Å². The number of aromatic carboxylic acids is 1. The minimum Gasteiger partial charge on any atom is -0.484 e. The van der Waals surface area contributed by atoms with Gasteiger partial charge in [-0.05, 0) is 42.9 Å². The molecule has 0 atom stereocenters. The van der Waals surface area contributed by atoms with Crippen molar-refractivity contribution in [2.75, 3.05) is 19.7 Å². The van der Waals surface area contributed by atoms with Crippen LogP contribution in [0, 0.1) is 6.92 Å². The van der Waals surface area contributed by atoms with Crippen LogP contribution in [0.3, 0.4) is 0 Å². The summed E-state index contributed by atoms with van der Waals surface area (Å²) in [5.74, 6) is -0.310. The third-order valence-corrected chi connectivity index (χ3v) is 5.52. The van der Waals surface area contributed by atoms with E-state index in [0.29, 0.717) is 24.5 Å². The maximum Gasteiger partial charge on any atom is 0.339 e. The van der Waals surface area contributed by atoms with Crippen LogP contribution in [0.5, 0.6) is 5.75 Å². The van der Waals surface area contributed by atoms with Gasteiger partial charge in [-0.1, -0.05) is 32.9 Å². The number of hydrogen-bond acceptors (Lipinski definition) is 4. The van der Waals surface area contributed by atoms with Crippen LogP contribution in [-0.4, -0.2) is 51.4 Å². The quantitative estimate of drug-likeness (QED) is 0.833. The summed E-state index contributed by atoms with van der Waals surface area (Å²) in [6.07, 6.45) is 2.88. The number of carbonyl (C=O) groups is 2. The van der Waals surface area contributed by atoms with Crippen molar-refractivity contribution in [3.8, 4) is 5.75 Å². The Labute approximate surface area is 171 Å². The van der Waals surface area contributed by atoms with Crippen LogP contribution >= 0.6 is 0 Å². The van der Waals surface area contributed by atoms with E-state index < -0.39 is 5.97 Å². The molecule has 0 saturated carbocycles. The van der Waals surface area contributed by atoms with E-state index in [2.05, 4.69) is 25.9 Å². The van der Waals surface area contributed by atoms with E-state index in [1.165, 1.54) is 11.8 Å². The minimum atomic E-state index is -0.964. The summed E-state index contributed by atoms with van der Waals surface area (Å²) in [5.41, 5.74) is 2.19. The van der Waals surface area contributed by atoms with Crippen molar-refractivity contribution < 1.29 is 19.4 Å². The molecule has 1 aliphatic heterocycles. The smallest absolute Gasteiger partial charge is 0.339 e. The molecule has 0 unspecified atom stereocenters. The first-order valence-corrected chi connectivity index (χ1v) is 9.95. The Morgan fingerprint density at radius 1 is 1.17 bits per heavy atom. The number of aromatic nitrogens is 2. The average molecular weight is 399 g/mol. The average Bonchev–Trinajstić information content (AvgIpc) is 3.07. The number of likely N-dealkylation sites (tertiary alicyclic amines) is 1. The van der Waals surface area contributed by atoms with Crippen molar-refractivity contribution in [2.24, 2.45) is 0 Å². The molecule has 156 valence electrons. The molecule has 1 N–H and O–H groups in total. The number of carboxylic acid groups (broad SMARTS) is 1. The molecule has 1 fully saturated rings. The van der Waals surface area contributed by atoms with Crippen molar-refractivity contribution in [2.45, 2.75) is 52.0 Å². The van der Waals surface area contributed by atoms with Gasteiger partial charge in [0.1, 0.15) is 11.3 Å². The Balaban J connectivity index is 1.51.